The summed E-state index contributed by atoms with van der Waals surface area (Å²) in [7, 11) is 1.62. The molecule has 1 amide bonds. The van der Waals surface area contributed by atoms with Gasteiger partial charge in [0.1, 0.15) is 0 Å². The second-order valence-corrected chi connectivity index (χ2v) is 3.10. The lowest BCUT2D eigenvalue weighted by Crippen LogP contribution is -2.31. The Morgan fingerprint density at radius 1 is 1.50 bits per heavy atom. The summed E-state index contributed by atoms with van der Waals surface area (Å²) in [5.41, 5.74) is 2.08. The van der Waals surface area contributed by atoms with Gasteiger partial charge in [0, 0.05) is 19.8 Å². The predicted octanol–water partition coefficient (Wildman–Crippen LogP) is 0.226. The predicted molar refractivity (Wildman–Crippen MR) is 54.7 cm³/mol. The molecule has 1 rings (SSSR count). The second-order valence-electron chi connectivity index (χ2n) is 3.10. The number of carbonyl (C=O) groups is 1. The van der Waals surface area contributed by atoms with Gasteiger partial charge in [-0.25, -0.2) is 0 Å². The van der Waals surface area contributed by atoms with Gasteiger partial charge in [-0.15, -0.1) is 0 Å². The molecule has 1 aromatic heterocycles. The van der Waals surface area contributed by atoms with Crippen molar-refractivity contribution in [1.29, 1.82) is 0 Å². The number of pyridine rings is 1. The van der Waals surface area contributed by atoms with Crippen LogP contribution in [0.3, 0.4) is 0 Å². The molecule has 4 heteroatoms. The van der Waals surface area contributed by atoms with Crippen LogP contribution in [0.15, 0.2) is 18.3 Å². The van der Waals surface area contributed by atoms with Crippen LogP contribution in [0.1, 0.15) is 11.3 Å². The number of aryl methyl sites for hydroxylation is 1. The molecule has 1 heterocycles. The summed E-state index contributed by atoms with van der Waals surface area (Å²) in [6.45, 7) is 2.94. The number of likely N-dealkylation sites (N-methyl/N-ethyl adjacent to an activating group) is 1. The highest BCUT2D eigenvalue weighted by Crippen LogP contribution is 1.97. The fourth-order valence-electron chi connectivity index (χ4n) is 0.995. The molecule has 4 nitrogen and oxygen atoms in total. The Bertz CT molecular complexity index is 295. The SMILES string of the molecule is CNC(=O)CNCc1ccc(C)cn1. The molecule has 0 aliphatic heterocycles. The lowest BCUT2D eigenvalue weighted by atomic mass is 10.3. The minimum atomic E-state index is -0.0166. The molecule has 0 aliphatic rings. The van der Waals surface area contributed by atoms with Crippen molar-refractivity contribution < 1.29 is 4.79 Å². The molecular weight excluding hydrogens is 178 g/mol. The fourth-order valence-corrected chi connectivity index (χ4v) is 0.995. The van der Waals surface area contributed by atoms with Crippen molar-refractivity contribution in [2.75, 3.05) is 13.6 Å². The quantitative estimate of drug-likeness (QED) is 0.719. The zero-order chi connectivity index (χ0) is 10.4. The average molecular weight is 193 g/mol. The molecule has 1 aromatic rings. The third-order valence-corrected chi connectivity index (χ3v) is 1.84. The highest BCUT2D eigenvalue weighted by atomic mass is 16.1. The topological polar surface area (TPSA) is 54.0 Å². The van der Waals surface area contributed by atoms with E-state index in [1.54, 1.807) is 7.05 Å². The van der Waals surface area contributed by atoms with E-state index in [-0.39, 0.29) is 5.91 Å². The maximum absolute atomic E-state index is 10.9. The molecule has 76 valence electrons. The van der Waals surface area contributed by atoms with Gasteiger partial charge in [-0.2, -0.15) is 0 Å². The first-order valence-corrected chi connectivity index (χ1v) is 4.55. The summed E-state index contributed by atoms with van der Waals surface area (Å²) in [6.07, 6.45) is 1.82. The van der Waals surface area contributed by atoms with E-state index in [0.717, 1.165) is 11.3 Å². The molecule has 0 bridgehead atoms. The number of amides is 1. The van der Waals surface area contributed by atoms with Crippen molar-refractivity contribution >= 4 is 5.91 Å². The molecule has 2 N–H and O–H groups in total. The molecule has 0 aromatic carbocycles. The van der Waals surface area contributed by atoms with Crippen LogP contribution in [0, 0.1) is 6.92 Å². The largest absolute Gasteiger partial charge is 0.358 e. The first-order chi connectivity index (χ1) is 6.72. The van der Waals surface area contributed by atoms with Crippen LogP contribution in [0.2, 0.25) is 0 Å². The maximum Gasteiger partial charge on any atom is 0.233 e. The van der Waals surface area contributed by atoms with Gasteiger partial charge in [0.05, 0.1) is 12.2 Å². The standard InChI is InChI=1S/C10H15N3O/c1-8-3-4-9(13-5-8)6-12-7-10(14)11-2/h3-5,12H,6-7H2,1-2H3,(H,11,14). The highest BCUT2D eigenvalue weighted by molar-refractivity contribution is 5.77. The van der Waals surface area contributed by atoms with E-state index >= 15 is 0 Å². The smallest absolute Gasteiger partial charge is 0.233 e. The van der Waals surface area contributed by atoms with Crippen LogP contribution in [-0.2, 0) is 11.3 Å². The van der Waals surface area contributed by atoms with Gasteiger partial charge in [0.15, 0.2) is 0 Å². The Balaban J connectivity index is 2.31. The van der Waals surface area contributed by atoms with E-state index < -0.39 is 0 Å². The van der Waals surface area contributed by atoms with Crippen molar-refractivity contribution in [3.63, 3.8) is 0 Å². The first kappa shape index (κ1) is 10.7. The van der Waals surface area contributed by atoms with Crippen LogP contribution in [0.4, 0.5) is 0 Å². The van der Waals surface area contributed by atoms with Gasteiger partial charge >= 0.3 is 0 Å². The van der Waals surface area contributed by atoms with Crippen LogP contribution in [0.25, 0.3) is 0 Å². The van der Waals surface area contributed by atoms with Crippen molar-refractivity contribution in [2.24, 2.45) is 0 Å². The van der Waals surface area contributed by atoms with E-state index in [1.807, 2.05) is 25.3 Å². The molecule has 0 fully saturated rings. The summed E-state index contributed by atoms with van der Waals surface area (Å²) < 4.78 is 0. The van der Waals surface area contributed by atoms with Gasteiger partial charge in [-0.05, 0) is 18.6 Å². The molecule has 0 spiro atoms. The normalized spacial score (nSPS) is 9.86. The summed E-state index contributed by atoms with van der Waals surface area (Å²) in [6, 6.07) is 3.95. The van der Waals surface area contributed by atoms with E-state index in [4.69, 9.17) is 0 Å². The van der Waals surface area contributed by atoms with Gasteiger partial charge in [0.2, 0.25) is 5.91 Å². The maximum atomic E-state index is 10.9. The minimum absolute atomic E-state index is 0.0166. The zero-order valence-corrected chi connectivity index (χ0v) is 8.50. The first-order valence-electron chi connectivity index (χ1n) is 4.55. The van der Waals surface area contributed by atoms with Gasteiger partial charge in [-0.1, -0.05) is 6.07 Å². The molecule has 0 saturated heterocycles. The minimum Gasteiger partial charge on any atom is -0.358 e. The summed E-state index contributed by atoms with van der Waals surface area (Å²) in [5.74, 6) is -0.0166. The lowest BCUT2D eigenvalue weighted by molar-refractivity contribution is -0.119. The number of hydrogen-bond donors (Lipinski definition) is 2. The second kappa shape index (κ2) is 5.34. The third kappa shape index (κ3) is 3.53. The van der Waals surface area contributed by atoms with Crippen LogP contribution < -0.4 is 10.6 Å². The lowest BCUT2D eigenvalue weighted by Gasteiger charge is -2.03. The Morgan fingerprint density at radius 2 is 2.29 bits per heavy atom. The molecular formula is C10H15N3O. The Hall–Kier alpha value is -1.42. The summed E-state index contributed by atoms with van der Waals surface area (Å²) in [4.78, 5) is 15.1. The molecule has 0 unspecified atom stereocenters. The fraction of sp³-hybridized carbons (Fsp3) is 0.400. The molecule has 14 heavy (non-hydrogen) atoms. The highest BCUT2D eigenvalue weighted by Gasteiger charge is 1.97. The number of nitrogens with zero attached hydrogens (tertiary/aromatic N) is 1. The Morgan fingerprint density at radius 3 is 2.86 bits per heavy atom. The monoisotopic (exact) mass is 193 g/mol. The van der Waals surface area contributed by atoms with Gasteiger partial charge < -0.3 is 10.6 Å². The van der Waals surface area contributed by atoms with Gasteiger partial charge in [-0.3, -0.25) is 9.78 Å². The molecule has 0 aliphatic carbocycles. The molecule has 0 saturated carbocycles. The van der Waals surface area contributed by atoms with E-state index in [2.05, 4.69) is 15.6 Å². The summed E-state index contributed by atoms with van der Waals surface area (Å²) >= 11 is 0. The van der Waals surface area contributed by atoms with Crippen molar-refractivity contribution in [1.82, 2.24) is 15.6 Å². The number of rotatable bonds is 4. The van der Waals surface area contributed by atoms with Crippen LogP contribution in [-0.4, -0.2) is 24.5 Å². The number of aromatic nitrogens is 1. The van der Waals surface area contributed by atoms with E-state index in [9.17, 15) is 4.79 Å². The number of hydrogen-bond acceptors (Lipinski definition) is 3. The Kier molecular flexibility index (Phi) is 4.07. The summed E-state index contributed by atoms with van der Waals surface area (Å²) in [5, 5.41) is 5.54. The number of carbonyl (C=O) groups excluding carboxylic acids is 1. The van der Waals surface area contributed by atoms with Crippen LogP contribution >= 0.6 is 0 Å². The average Bonchev–Trinajstić information content (AvgIpc) is 2.21. The molecule has 0 atom stereocenters. The van der Waals surface area contributed by atoms with Crippen molar-refractivity contribution in [3.8, 4) is 0 Å². The van der Waals surface area contributed by atoms with Crippen LogP contribution in [0.5, 0.6) is 0 Å². The van der Waals surface area contributed by atoms with E-state index in [1.165, 1.54) is 0 Å². The Labute approximate surface area is 83.7 Å². The van der Waals surface area contributed by atoms with E-state index in [0.29, 0.717) is 13.1 Å². The van der Waals surface area contributed by atoms with Gasteiger partial charge in [0.25, 0.3) is 0 Å². The third-order valence-electron chi connectivity index (χ3n) is 1.84. The molecule has 0 radical (unpaired) electrons. The van der Waals surface area contributed by atoms with Crippen molar-refractivity contribution in [3.05, 3.63) is 29.6 Å². The van der Waals surface area contributed by atoms with Crippen molar-refractivity contribution in [2.45, 2.75) is 13.5 Å². The zero-order valence-electron chi connectivity index (χ0n) is 8.50. The number of nitrogens with one attached hydrogen (secondary N) is 2.